The molecule has 2 amide bonds. The van der Waals surface area contributed by atoms with Crippen molar-refractivity contribution in [2.24, 2.45) is 5.92 Å². The number of nitrogens with one attached hydrogen (secondary N) is 3. The predicted octanol–water partition coefficient (Wildman–Crippen LogP) is 0.660. The van der Waals surface area contributed by atoms with Crippen LogP contribution in [0.15, 0.2) is 24.3 Å². The minimum atomic E-state index is -0.105. The van der Waals surface area contributed by atoms with Crippen molar-refractivity contribution in [3.63, 3.8) is 0 Å². The Morgan fingerprint density at radius 3 is 2.55 bits per heavy atom. The van der Waals surface area contributed by atoms with Gasteiger partial charge in [0, 0.05) is 25.2 Å². The van der Waals surface area contributed by atoms with Crippen LogP contribution in [0.1, 0.15) is 29.3 Å². The highest BCUT2D eigenvalue weighted by Gasteiger charge is 2.28. The molecule has 5 nitrogen and oxygen atoms in total. The summed E-state index contributed by atoms with van der Waals surface area (Å²) >= 11 is 0. The lowest BCUT2D eigenvalue weighted by molar-refractivity contribution is -0.125. The number of carbonyl (C=O) groups is 2. The molecule has 1 aromatic carbocycles. The maximum absolute atomic E-state index is 12.0. The number of benzene rings is 1. The van der Waals surface area contributed by atoms with Gasteiger partial charge in [0.25, 0.3) is 5.91 Å². The lowest BCUT2D eigenvalue weighted by atomic mass is 10.0. The largest absolute Gasteiger partial charge is 0.355 e. The molecule has 1 saturated heterocycles. The van der Waals surface area contributed by atoms with E-state index in [4.69, 9.17) is 0 Å². The van der Waals surface area contributed by atoms with Crippen LogP contribution in [0.5, 0.6) is 0 Å². The quantitative estimate of drug-likeness (QED) is 0.756. The summed E-state index contributed by atoms with van der Waals surface area (Å²) in [4.78, 5) is 23.4. The third-order valence-electron chi connectivity index (χ3n) is 3.77. The van der Waals surface area contributed by atoms with Gasteiger partial charge in [-0.05, 0) is 37.6 Å². The van der Waals surface area contributed by atoms with Crippen LogP contribution in [-0.2, 0) is 11.3 Å². The predicted molar refractivity (Wildman–Crippen MR) is 77.3 cm³/mol. The topological polar surface area (TPSA) is 70.2 Å². The summed E-state index contributed by atoms with van der Waals surface area (Å²) in [5.74, 6) is 0.0458. The summed E-state index contributed by atoms with van der Waals surface area (Å²) in [6, 6.07) is 7.49. The van der Waals surface area contributed by atoms with Gasteiger partial charge in [-0.3, -0.25) is 9.59 Å². The summed E-state index contributed by atoms with van der Waals surface area (Å²) in [5, 5.41) is 8.80. The molecule has 0 spiro atoms. The van der Waals surface area contributed by atoms with Crippen molar-refractivity contribution < 1.29 is 9.59 Å². The number of rotatable bonds is 4. The Hall–Kier alpha value is -1.88. The van der Waals surface area contributed by atoms with E-state index >= 15 is 0 Å². The van der Waals surface area contributed by atoms with Crippen molar-refractivity contribution in [1.29, 1.82) is 0 Å². The molecule has 1 aliphatic heterocycles. The number of amides is 2. The van der Waals surface area contributed by atoms with Crippen molar-refractivity contribution in [3.05, 3.63) is 35.4 Å². The van der Waals surface area contributed by atoms with Crippen LogP contribution in [0.2, 0.25) is 0 Å². The fourth-order valence-corrected chi connectivity index (χ4v) is 2.46. The van der Waals surface area contributed by atoms with Gasteiger partial charge in [-0.2, -0.15) is 0 Å². The van der Waals surface area contributed by atoms with Crippen LogP contribution in [-0.4, -0.2) is 31.4 Å². The van der Waals surface area contributed by atoms with Crippen molar-refractivity contribution in [2.75, 3.05) is 13.6 Å². The molecule has 1 fully saturated rings. The zero-order valence-corrected chi connectivity index (χ0v) is 11.9. The van der Waals surface area contributed by atoms with Gasteiger partial charge in [-0.15, -0.1) is 0 Å². The van der Waals surface area contributed by atoms with E-state index in [9.17, 15) is 9.59 Å². The van der Waals surface area contributed by atoms with Crippen LogP contribution in [0.25, 0.3) is 0 Å². The maximum atomic E-state index is 12.0. The van der Waals surface area contributed by atoms with E-state index in [0.717, 1.165) is 18.5 Å². The monoisotopic (exact) mass is 275 g/mol. The van der Waals surface area contributed by atoms with E-state index < -0.39 is 0 Å². The second kappa shape index (κ2) is 6.52. The van der Waals surface area contributed by atoms with Crippen LogP contribution < -0.4 is 16.0 Å². The average molecular weight is 275 g/mol. The molecule has 1 aromatic rings. The van der Waals surface area contributed by atoms with Crippen LogP contribution in [0.4, 0.5) is 0 Å². The van der Waals surface area contributed by atoms with Gasteiger partial charge in [-0.1, -0.05) is 12.1 Å². The molecule has 0 aromatic heterocycles. The molecule has 2 unspecified atom stereocenters. The molecule has 1 heterocycles. The molecule has 20 heavy (non-hydrogen) atoms. The molecule has 0 bridgehead atoms. The van der Waals surface area contributed by atoms with Crippen LogP contribution >= 0.6 is 0 Å². The average Bonchev–Trinajstić information content (AvgIpc) is 2.90. The molecular formula is C15H21N3O2. The third-order valence-corrected chi connectivity index (χ3v) is 3.77. The summed E-state index contributed by atoms with van der Waals surface area (Å²) in [7, 11) is 1.60. The van der Waals surface area contributed by atoms with Gasteiger partial charge in [0.15, 0.2) is 0 Å². The first-order valence-corrected chi connectivity index (χ1v) is 6.94. The summed E-state index contributed by atoms with van der Waals surface area (Å²) in [6.45, 7) is 3.44. The zero-order valence-electron chi connectivity index (χ0n) is 11.9. The Kier molecular flexibility index (Phi) is 4.74. The number of hydrogen-bond acceptors (Lipinski definition) is 3. The highest BCUT2D eigenvalue weighted by atomic mass is 16.2. The highest BCUT2D eigenvalue weighted by Crippen LogP contribution is 2.15. The molecule has 1 aliphatic rings. The van der Waals surface area contributed by atoms with E-state index in [-0.39, 0.29) is 23.8 Å². The van der Waals surface area contributed by atoms with Gasteiger partial charge < -0.3 is 16.0 Å². The van der Waals surface area contributed by atoms with E-state index in [1.807, 2.05) is 19.1 Å². The van der Waals surface area contributed by atoms with Gasteiger partial charge >= 0.3 is 0 Å². The normalized spacial score (nSPS) is 21.5. The van der Waals surface area contributed by atoms with Crippen molar-refractivity contribution >= 4 is 11.8 Å². The number of hydrogen-bond donors (Lipinski definition) is 3. The molecule has 0 radical (unpaired) electrons. The van der Waals surface area contributed by atoms with Crippen molar-refractivity contribution in [2.45, 2.75) is 25.9 Å². The molecule has 3 N–H and O–H groups in total. The molecule has 0 saturated carbocycles. The molecule has 5 heteroatoms. The lowest BCUT2D eigenvalue weighted by Crippen LogP contribution is -2.36. The van der Waals surface area contributed by atoms with Crippen LogP contribution in [0.3, 0.4) is 0 Å². The Morgan fingerprint density at radius 2 is 2.00 bits per heavy atom. The second-order valence-electron chi connectivity index (χ2n) is 5.13. The maximum Gasteiger partial charge on any atom is 0.251 e. The molecule has 108 valence electrons. The lowest BCUT2D eigenvalue weighted by Gasteiger charge is -2.15. The molecule has 2 rings (SSSR count). The van der Waals surface area contributed by atoms with E-state index in [1.165, 1.54) is 0 Å². The van der Waals surface area contributed by atoms with E-state index in [1.54, 1.807) is 19.2 Å². The minimum Gasteiger partial charge on any atom is -0.355 e. The van der Waals surface area contributed by atoms with Gasteiger partial charge in [0.1, 0.15) is 0 Å². The standard InChI is InChI=1S/C15H21N3O2/c1-10-13(7-8-17-10)15(20)18-9-11-3-5-12(6-4-11)14(19)16-2/h3-6,10,13,17H,7-9H2,1-2H3,(H,16,19)(H,18,20). The fraction of sp³-hybridized carbons (Fsp3) is 0.467. The highest BCUT2D eigenvalue weighted by molar-refractivity contribution is 5.93. The molecule has 0 aliphatic carbocycles. The summed E-state index contributed by atoms with van der Waals surface area (Å²) in [5.41, 5.74) is 1.61. The van der Waals surface area contributed by atoms with Crippen molar-refractivity contribution in [1.82, 2.24) is 16.0 Å². The fourth-order valence-electron chi connectivity index (χ4n) is 2.46. The first-order chi connectivity index (χ1) is 9.61. The van der Waals surface area contributed by atoms with Gasteiger partial charge in [-0.25, -0.2) is 0 Å². The first-order valence-electron chi connectivity index (χ1n) is 6.94. The van der Waals surface area contributed by atoms with E-state index in [2.05, 4.69) is 16.0 Å². The second-order valence-corrected chi connectivity index (χ2v) is 5.13. The Labute approximate surface area is 119 Å². The minimum absolute atomic E-state index is 0.0557. The van der Waals surface area contributed by atoms with Crippen LogP contribution in [0, 0.1) is 5.92 Å². The van der Waals surface area contributed by atoms with E-state index in [0.29, 0.717) is 12.1 Å². The molecular weight excluding hydrogens is 254 g/mol. The number of carbonyl (C=O) groups excluding carboxylic acids is 2. The summed E-state index contributed by atoms with van der Waals surface area (Å²) in [6.07, 6.45) is 0.891. The zero-order chi connectivity index (χ0) is 14.5. The SMILES string of the molecule is CNC(=O)c1ccc(CNC(=O)C2CCNC2C)cc1. The van der Waals surface area contributed by atoms with Gasteiger partial charge in [0.2, 0.25) is 5.91 Å². The Bertz CT molecular complexity index is 484. The molecule has 2 atom stereocenters. The Balaban J connectivity index is 1.87. The van der Waals surface area contributed by atoms with Crippen molar-refractivity contribution in [3.8, 4) is 0 Å². The summed E-state index contributed by atoms with van der Waals surface area (Å²) < 4.78 is 0. The smallest absolute Gasteiger partial charge is 0.251 e. The third kappa shape index (κ3) is 3.36. The Morgan fingerprint density at radius 1 is 1.30 bits per heavy atom. The first kappa shape index (κ1) is 14.5. The van der Waals surface area contributed by atoms with Gasteiger partial charge in [0.05, 0.1) is 5.92 Å².